The van der Waals surface area contributed by atoms with Crippen LogP contribution >= 0.6 is 0 Å². The average molecular weight is 287 g/mol. The number of hydrogen-bond acceptors (Lipinski definition) is 5. The molecule has 7 heteroatoms. The molecule has 1 aromatic carbocycles. The van der Waals surface area contributed by atoms with Crippen LogP contribution in [0.3, 0.4) is 0 Å². The summed E-state index contributed by atoms with van der Waals surface area (Å²) < 4.78 is 0. The van der Waals surface area contributed by atoms with Gasteiger partial charge in [-0.3, -0.25) is 4.79 Å². The molecule has 0 bridgehead atoms. The highest BCUT2D eigenvalue weighted by Gasteiger charge is 2.52. The second kappa shape index (κ2) is 4.46. The number of carbonyl (C=O) groups excluding carboxylic acids is 2. The fourth-order valence-electron chi connectivity index (χ4n) is 2.89. The van der Waals surface area contributed by atoms with Gasteiger partial charge in [0.15, 0.2) is 0 Å². The molecule has 7 nitrogen and oxygen atoms in total. The molecule has 0 unspecified atom stereocenters. The lowest BCUT2D eigenvalue weighted by molar-refractivity contribution is -0.121. The summed E-state index contributed by atoms with van der Waals surface area (Å²) in [6.45, 7) is 1.86. The van der Waals surface area contributed by atoms with Crippen LogP contribution < -0.4 is 4.90 Å². The SMILES string of the molecule is Cc1c(N2C(=O)[C@@H]3[C@H](O)CCN3C2=O)ccc(C#N)c1O. The number of phenols is 1. The van der Waals surface area contributed by atoms with Gasteiger partial charge < -0.3 is 15.1 Å². The fourth-order valence-corrected chi connectivity index (χ4v) is 2.89. The molecular weight excluding hydrogens is 274 g/mol. The topological polar surface area (TPSA) is 105 Å². The van der Waals surface area contributed by atoms with Crippen LogP contribution in [0.4, 0.5) is 10.5 Å². The van der Waals surface area contributed by atoms with Crippen molar-refractivity contribution < 1.29 is 19.8 Å². The van der Waals surface area contributed by atoms with Crippen molar-refractivity contribution in [3.8, 4) is 11.8 Å². The van der Waals surface area contributed by atoms with Gasteiger partial charge in [0.1, 0.15) is 17.9 Å². The van der Waals surface area contributed by atoms with Crippen molar-refractivity contribution >= 4 is 17.6 Å². The number of anilines is 1. The predicted octanol–water partition coefficient (Wildman–Crippen LogP) is 0.474. The second-order valence-electron chi connectivity index (χ2n) is 5.17. The zero-order chi connectivity index (χ0) is 15.3. The molecule has 2 saturated heterocycles. The quantitative estimate of drug-likeness (QED) is 0.731. The Morgan fingerprint density at radius 2 is 2.10 bits per heavy atom. The van der Waals surface area contributed by atoms with Crippen molar-refractivity contribution in [1.29, 1.82) is 5.26 Å². The molecule has 2 heterocycles. The Labute approximate surface area is 120 Å². The van der Waals surface area contributed by atoms with Crippen molar-refractivity contribution in [2.45, 2.75) is 25.5 Å². The summed E-state index contributed by atoms with van der Waals surface area (Å²) in [5.41, 5.74) is 0.602. The minimum Gasteiger partial charge on any atom is -0.506 e. The van der Waals surface area contributed by atoms with Gasteiger partial charge in [0, 0.05) is 12.1 Å². The number of imide groups is 1. The number of aromatic hydroxyl groups is 1. The van der Waals surface area contributed by atoms with Gasteiger partial charge in [-0.05, 0) is 25.5 Å². The Balaban J connectivity index is 2.07. The third kappa shape index (κ3) is 1.69. The van der Waals surface area contributed by atoms with E-state index < -0.39 is 24.1 Å². The summed E-state index contributed by atoms with van der Waals surface area (Å²) in [6.07, 6.45) is -0.480. The Morgan fingerprint density at radius 3 is 2.71 bits per heavy atom. The maximum atomic E-state index is 12.4. The summed E-state index contributed by atoms with van der Waals surface area (Å²) in [4.78, 5) is 27.0. The number of hydrogen-bond donors (Lipinski definition) is 2. The smallest absolute Gasteiger partial charge is 0.332 e. The predicted molar refractivity (Wildman–Crippen MR) is 71.6 cm³/mol. The molecular formula is C14H13N3O4. The number of aliphatic hydroxyl groups excluding tert-OH is 1. The van der Waals surface area contributed by atoms with Gasteiger partial charge in [-0.15, -0.1) is 0 Å². The van der Waals surface area contributed by atoms with Gasteiger partial charge in [-0.2, -0.15) is 5.26 Å². The van der Waals surface area contributed by atoms with Gasteiger partial charge >= 0.3 is 6.03 Å². The highest BCUT2D eigenvalue weighted by atomic mass is 16.3. The van der Waals surface area contributed by atoms with Crippen LogP contribution in [0.1, 0.15) is 17.5 Å². The van der Waals surface area contributed by atoms with Gasteiger partial charge in [0.25, 0.3) is 5.91 Å². The molecule has 2 fully saturated rings. The Morgan fingerprint density at radius 1 is 1.38 bits per heavy atom. The summed E-state index contributed by atoms with van der Waals surface area (Å²) in [5, 5.41) is 28.6. The molecule has 21 heavy (non-hydrogen) atoms. The molecule has 2 N–H and O–H groups in total. The Bertz CT molecular complexity index is 694. The van der Waals surface area contributed by atoms with Gasteiger partial charge in [0.2, 0.25) is 0 Å². The van der Waals surface area contributed by atoms with Crippen molar-refractivity contribution in [3.05, 3.63) is 23.3 Å². The number of amides is 3. The molecule has 2 aliphatic heterocycles. The molecule has 2 atom stereocenters. The van der Waals surface area contributed by atoms with E-state index in [0.29, 0.717) is 13.0 Å². The van der Waals surface area contributed by atoms with Gasteiger partial charge in [-0.1, -0.05) is 0 Å². The van der Waals surface area contributed by atoms with E-state index in [1.165, 1.54) is 24.0 Å². The number of nitrogens with zero attached hydrogens (tertiary/aromatic N) is 3. The molecule has 2 aliphatic rings. The highest BCUT2D eigenvalue weighted by Crippen LogP contribution is 2.36. The van der Waals surface area contributed by atoms with Crippen LogP contribution in [0.15, 0.2) is 12.1 Å². The Hall–Kier alpha value is -2.59. The molecule has 0 aromatic heterocycles. The standard InChI is InChI=1S/C14H13N3O4/c1-7-9(3-2-8(6-15)12(7)19)17-13(20)11-10(18)4-5-16(11)14(17)21/h2-3,10-11,18-19H,4-5H2,1H3/t10-,11+/m1/s1. The molecule has 0 radical (unpaired) electrons. The van der Waals surface area contributed by atoms with Crippen molar-refractivity contribution in [1.82, 2.24) is 4.90 Å². The van der Waals surface area contributed by atoms with E-state index in [1.54, 1.807) is 0 Å². The minimum absolute atomic E-state index is 0.0795. The molecule has 0 saturated carbocycles. The lowest BCUT2D eigenvalue weighted by atomic mass is 10.1. The first-order valence-corrected chi connectivity index (χ1v) is 6.52. The number of carbonyl (C=O) groups is 2. The third-order valence-corrected chi connectivity index (χ3v) is 4.04. The molecule has 3 rings (SSSR count). The zero-order valence-electron chi connectivity index (χ0n) is 11.3. The van der Waals surface area contributed by atoms with Gasteiger partial charge in [0.05, 0.1) is 17.4 Å². The van der Waals surface area contributed by atoms with E-state index in [2.05, 4.69) is 0 Å². The van der Waals surface area contributed by atoms with E-state index in [4.69, 9.17) is 5.26 Å². The zero-order valence-corrected chi connectivity index (χ0v) is 11.3. The maximum absolute atomic E-state index is 12.4. The van der Waals surface area contributed by atoms with Crippen molar-refractivity contribution in [3.63, 3.8) is 0 Å². The second-order valence-corrected chi connectivity index (χ2v) is 5.17. The number of nitriles is 1. The van der Waals surface area contributed by atoms with Crippen LogP contribution in [0.5, 0.6) is 5.75 Å². The molecule has 0 spiro atoms. The van der Waals surface area contributed by atoms with E-state index in [1.807, 2.05) is 6.07 Å². The van der Waals surface area contributed by atoms with Crippen LogP contribution in [-0.2, 0) is 4.79 Å². The first-order valence-electron chi connectivity index (χ1n) is 6.52. The largest absolute Gasteiger partial charge is 0.506 e. The first-order chi connectivity index (χ1) is 9.97. The number of phenolic OH excluding ortho intramolecular Hbond substituents is 1. The fraction of sp³-hybridized carbons (Fsp3) is 0.357. The number of aliphatic hydroxyl groups is 1. The van der Waals surface area contributed by atoms with Crippen LogP contribution in [0.25, 0.3) is 0 Å². The van der Waals surface area contributed by atoms with Crippen molar-refractivity contribution in [2.75, 3.05) is 11.4 Å². The number of benzene rings is 1. The number of rotatable bonds is 1. The first kappa shape index (κ1) is 13.4. The van der Waals surface area contributed by atoms with E-state index in [9.17, 15) is 19.8 Å². The van der Waals surface area contributed by atoms with Crippen LogP contribution in [0.2, 0.25) is 0 Å². The normalized spacial score (nSPS) is 24.4. The lowest BCUT2D eigenvalue weighted by Crippen LogP contribution is -2.36. The monoisotopic (exact) mass is 287 g/mol. The maximum Gasteiger partial charge on any atom is 0.332 e. The van der Waals surface area contributed by atoms with Crippen LogP contribution in [0, 0.1) is 18.3 Å². The van der Waals surface area contributed by atoms with E-state index in [0.717, 1.165) is 4.90 Å². The summed E-state index contributed by atoms with van der Waals surface area (Å²) in [7, 11) is 0. The summed E-state index contributed by atoms with van der Waals surface area (Å²) in [5.74, 6) is -0.750. The Kier molecular flexibility index (Phi) is 2.85. The van der Waals surface area contributed by atoms with Gasteiger partial charge in [-0.25, -0.2) is 9.69 Å². The summed E-state index contributed by atoms with van der Waals surface area (Å²) in [6, 6.07) is 3.29. The lowest BCUT2D eigenvalue weighted by Gasteiger charge is -2.18. The third-order valence-electron chi connectivity index (χ3n) is 4.04. The molecule has 108 valence electrons. The molecule has 3 amide bonds. The number of urea groups is 1. The van der Waals surface area contributed by atoms with Crippen molar-refractivity contribution in [2.24, 2.45) is 0 Å². The van der Waals surface area contributed by atoms with Crippen LogP contribution in [-0.4, -0.2) is 45.7 Å². The average Bonchev–Trinajstić information content (AvgIpc) is 2.95. The summed E-state index contributed by atoms with van der Waals surface area (Å²) >= 11 is 0. The minimum atomic E-state index is -0.862. The molecule has 0 aliphatic carbocycles. The van der Waals surface area contributed by atoms with E-state index in [-0.39, 0.29) is 22.6 Å². The number of fused-ring (bicyclic) bond motifs is 1. The molecule has 1 aromatic rings. The van der Waals surface area contributed by atoms with E-state index >= 15 is 0 Å². The highest BCUT2D eigenvalue weighted by molar-refractivity contribution is 6.22.